The molecule has 2 fully saturated rings. The summed E-state index contributed by atoms with van der Waals surface area (Å²) in [7, 11) is 1.75. The highest BCUT2D eigenvalue weighted by Gasteiger charge is 2.45. The van der Waals surface area contributed by atoms with Crippen molar-refractivity contribution in [3.05, 3.63) is 42.5 Å². The molecule has 2 aromatic rings. The van der Waals surface area contributed by atoms with E-state index in [-0.39, 0.29) is 17.6 Å². The number of ether oxygens (including phenoxy) is 2. The maximum Gasteiger partial charge on any atom is 0.256 e. The number of carbonyl (C=O) groups is 1. The first kappa shape index (κ1) is 18.0. The van der Waals surface area contributed by atoms with Gasteiger partial charge in [-0.1, -0.05) is 0 Å². The Hall–Kier alpha value is -2.38. The Bertz CT molecular complexity index is 774. The van der Waals surface area contributed by atoms with Crippen molar-refractivity contribution in [3.8, 4) is 11.4 Å². The van der Waals surface area contributed by atoms with Crippen LogP contribution >= 0.6 is 0 Å². The number of carbonyl (C=O) groups excluding carboxylic acids is 1. The second-order valence-electron chi connectivity index (χ2n) is 7.10. The van der Waals surface area contributed by atoms with Crippen molar-refractivity contribution in [2.75, 3.05) is 26.8 Å². The van der Waals surface area contributed by atoms with Crippen molar-refractivity contribution in [1.29, 1.82) is 0 Å². The zero-order valence-corrected chi connectivity index (χ0v) is 15.5. The van der Waals surface area contributed by atoms with Crippen LogP contribution in [0.3, 0.4) is 0 Å². The van der Waals surface area contributed by atoms with Crippen LogP contribution in [0.2, 0.25) is 0 Å². The van der Waals surface area contributed by atoms with Gasteiger partial charge in [-0.25, -0.2) is 9.97 Å². The molecule has 4 rings (SSSR count). The molecule has 7 nitrogen and oxygen atoms in total. The smallest absolute Gasteiger partial charge is 0.256 e. The monoisotopic (exact) mass is 368 g/mol. The van der Waals surface area contributed by atoms with Crippen LogP contribution in [0.4, 0.5) is 0 Å². The Morgan fingerprint density at radius 1 is 1.22 bits per heavy atom. The summed E-state index contributed by atoms with van der Waals surface area (Å²) in [5.41, 5.74) is 1.14. The van der Waals surface area contributed by atoms with Crippen LogP contribution < -0.4 is 0 Å². The van der Waals surface area contributed by atoms with Crippen molar-refractivity contribution in [2.45, 2.75) is 37.4 Å². The lowest BCUT2D eigenvalue weighted by molar-refractivity contribution is -0.183. The Morgan fingerprint density at radius 3 is 2.59 bits per heavy atom. The number of piperidine rings is 1. The van der Waals surface area contributed by atoms with Gasteiger partial charge in [0.25, 0.3) is 5.91 Å². The number of hydrogen-bond acceptors (Lipinski definition) is 6. The van der Waals surface area contributed by atoms with Gasteiger partial charge in [-0.05, 0) is 37.8 Å². The van der Waals surface area contributed by atoms with Crippen molar-refractivity contribution in [1.82, 2.24) is 19.9 Å². The molecule has 2 saturated heterocycles. The Kier molecular flexibility index (Phi) is 5.13. The minimum absolute atomic E-state index is 0.0316. The molecule has 0 radical (unpaired) electrons. The SMILES string of the molecule is CO[C@@H]1CCCOC12CCN(C(=O)c1cnc(-c3ccncc3)nc1)CC2. The molecule has 0 bridgehead atoms. The highest BCUT2D eigenvalue weighted by molar-refractivity contribution is 5.93. The summed E-state index contributed by atoms with van der Waals surface area (Å²) in [5, 5.41) is 0. The van der Waals surface area contributed by atoms with Gasteiger partial charge >= 0.3 is 0 Å². The average molecular weight is 368 g/mol. The van der Waals surface area contributed by atoms with E-state index in [1.165, 1.54) is 0 Å². The van der Waals surface area contributed by atoms with E-state index in [0.717, 1.165) is 37.9 Å². The molecule has 0 aliphatic carbocycles. The quantitative estimate of drug-likeness (QED) is 0.828. The first-order valence-electron chi connectivity index (χ1n) is 9.40. The molecule has 1 spiro atoms. The second kappa shape index (κ2) is 7.70. The number of aromatic nitrogens is 3. The first-order valence-corrected chi connectivity index (χ1v) is 9.40. The molecule has 2 aliphatic heterocycles. The van der Waals surface area contributed by atoms with E-state index in [0.29, 0.717) is 24.5 Å². The molecule has 7 heteroatoms. The first-order chi connectivity index (χ1) is 13.2. The molecule has 0 aromatic carbocycles. The largest absolute Gasteiger partial charge is 0.378 e. The fraction of sp³-hybridized carbons (Fsp3) is 0.500. The zero-order valence-electron chi connectivity index (χ0n) is 15.5. The summed E-state index contributed by atoms with van der Waals surface area (Å²) < 4.78 is 11.8. The normalized spacial score (nSPS) is 22.0. The number of hydrogen-bond donors (Lipinski definition) is 0. The maximum atomic E-state index is 12.8. The number of rotatable bonds is 3. The van der Waals surface area contributed by atoms with E-state index in [1.54, 1.807) is 31.9 Å². The summed E-state index contributed by atoms with van der Waals surface area (Å²) in [6.45, 7) is 2.09. The third-order valence-corrected chi connectivity index (χ3v) is 5.61. The Morgan fingerprint density at radius 2 is 1.93 bits per heavy atom. The van der Waals surface area contributed by atoms with Crippen LogP contribution in [-0.4, -0.2) is 64.3 Å². The molecule has 4 heterocycles. The van der Waals surface area contributed by atoms with Crippen LogP contribution in [0.15, 0.2) is 36.9 Å². The highest BCUT2D eigenvalue weighted by atomic mass is 16.5. The number of nitrogens with zero attached hydrogens (tertiary/aromatic N) is 4. The summed E-state index contributed by atoms with van der Waals surface area (Å²) >= 11 is 0. The third kappa shape index (κ3) is 3.57. The summed E-state index contributed by atoms with van der Waals surface area (Å²) in [5.74, 6) is 0.556. The van der Waals surface area contributed by atoms with Crippen molar-refractivity contribution in [2.24, 2.45) is 0 Å². The highest BCUT2D eigenvalue weighted by Crippen LogP contribution is 2.37. The van der Waals surface area contributed by atoms with Gasteiger partial charge in [0, 0.05) is 57.2 Å². The molecule has 1 amide bonds. The van der Waals surface area contributed by atoms with Crippen molar-refractivity contribution < 1.29 is 14.3 Å². The third-order valence-electron chi connectivity index (χ3n) is 5.61. The minimum Gasteiger partial charge on any atom is -0.378 e. The van der Waals surface area contributed by atoms with E-state index in [9.17, 15) is 4.79 Å². The van der Waals surface area contributed by atoms with Gasteiger partial charge < -0.3 is 14.4 Å². The van der Waals surface area contributed by atoms with Gasteiger partial charge in [-0.3, -0.25) is 9.78 Å². The van der Waals surface area contributed by atoms with E-state index in [4.69, 9.17) is 9.47 Å². The lowest BCUT2D eigenvalue weighted by Gasteiger charge is -2.48. The van der Waals surface area contributed by atoms with E-state index < -0.39 is 0 Å². The maximum absolute atomic E-state index is 12.8. The number of pyridine rings is 1. The van der Waals surface area contributed by atoms with Crippen molar-refractivity contribution in [3.63, 3.8) is 0 Å². The van der Waals surface area contributed by atoms with Gasteiger partial charge in [0.15, 0.2) is 5.82 Å². The zero-order chi connectivity index (χ0) is 18.7. The summed E-state index contributed by atoms with van der Waals surface area (Å²) in [6, 6.07) is 3.69. The van der Waals surface area contributed by atoms with Crippen LogP contribution in [0.5, 0.6) is 0 Å². The predicted molar refractivity (Wildman–Crippen MR) is 99.1 cm³/mol. The van der Waals surface area contributed by atoms with Crippen LogP contribution in [0.25, 0.3) is 11.4 Å². The molecular formula is C20H24N4O3. The standard InChI is InChI=1S/C20H24N4O3/c1-26-17-3-2-12-27-20(17)6-10-24(11-7-20)19(25)16-13-22-18(23-14-16)15-4-8-21-9-5-15/h4-5,8-9,13-14,17H,2-3,6-7,10-12H2,1H3/t17-/m1/s1. The lowest BCUT2D eigenvalue weighted by Crippen LogP contribution is -2.56. The second-order valence-corrected chi connectivity index (χ2v) is 7.10. The summed E-state index contributed by atoms with van der Waals surface area (Å²) in [6.07, 6.45) is 10.4. The van der Waals surface area contributed by atoms with Crippen LogP contribution in [0, 0.1) is 0 Å². The molecule has 0 N–H and O–H groups in total. The fourth-order valence-electron chi connectivity index (χ4n) is 4.06. The van der Waals surface area contributed by atoms with Gasteiger partial charge in [-0.2, -0.15) is 0 Å². The topological polar surface area (TPSA) is 77.4 Å². The molecular weight excluding hydrogens is 344 g/mol. The number of methoxy groups -OCH3 is 1. The van der Waals surface area contributed by atoms with Gasteiger partial charge in [0.05, 0.1) is 17.3 Å². The van der Waals surface area contributed by atoms with Gasteiger partial charge in [0.1, 0.15) is 0 Å². The Labute approximate surface area is 158 Å². The Balaban J connectivity index is 1.42. The molecule has 2 aliphatic rings. The van der Waals surface area contributed by atoms with Gasteiger partial charge in [-0.15, -0.1) is 0 Å². The van der Waals surface area contributed by atoms with E-state index in [2.05, 4.69) is 15.0 Å². The molecule has 2 aromatic heterocycles. The van der Waals surface area contributed by atoms with Crippen molar-refractivity contribution >= 4 is 5.91 Å². The minimum atomic E-state index is -0.245. The number of likely N-dealkylation sites (tertiary alicyclic amines) is 1. The number of amides is 1. The molecule has 0 saturated carbocycles. The molecule has 0 unspecified atom stereocenters. The lowest BCUT2D eigenvalue weighted by atomic mass is 9.81. The van der Waals surface area contributed by atoms with E-state index in [1.807, 2.05) is 17.0 Å². The summed E-state index contributed by atoms with van der Waals surface area (Å²) in [4.78, 5) is 27.4. The molecule has 27 heavy (non-hydrogen) atoms. The fourth-order valence-corrected chi connectivity index (χ4v) is 4.06. The van der Waals surface area contributed by atoms with Gasteiger partial charge in [0.2, 0.25) is 0 Å². The average Bonchev–Trinajstić information content (AvgIpc) is 2.75. The van der Waals surface area contributed by atoms with Crippen LogP contribution in [-0.2, 0) is 9.47 Å². The predicted octanol–water partition coefficient (Wildman–Crippen LogP) is 2.34. The molecule has 1 atom stereocenters. The van der Waals surface area contributed by atoms with E-state index >= 15 is 0 Å². The van der Waals surface area contributed by atoms with Crippen LogP contribution in [0.1, 0.15) is 36.0 Å². The molecule has 142 valence electrons.